The Bertz CT molecular complexity index is 641. The quantitative estimate of drug-likeness (QED) is 0.457. The van der Waals surface area contributed by atoms with Gasteiger partial charge < -0.3 is 10.6 Å². The fourth-order valence-electron chi connectivity index (χ4n) is 2.31. The highest BCUT2D eigenvalue weighted by atomic mass is 32.2. The lowest BCUT2D eigenvalue weighted by Gasteiger charge is -2.23. The van der Waals surface area contributed by atoms with E-state index in [1.807, 2.05) is 30.6 Å². The molecule has 21 heavy (non-hydrogen) atoms. The molecule has 2 N–H and O–H groups in total. The molecule has 0 unspecified atom stereocenters. The number of benzene rings is 2. The summed E-state index contributed by atoms with van der Waals surface area (Å²) in [5.41, 5.74) is 3.61. The number of hydrogen-bond donors (Lipinski definition) is 2. The van der Waals surface area contributed by atoms with Crippen LogP contribution in [0.3, 0.4) is 0 Å². The van der Waals surface area contributed by atoms with E-state index in [1.165, 1.54) is 50.3 Å². The Morgan fingerprint density at radius 1 is 1.14 bits per heavy atom. The summed E-state index contributed by atoms with van der Waals surface area (Å²) in [7, 11) is 2.00. The minimum absolute atomic E-state index is 1.18. The minimum Gasteiger partial charge on any atom is -0.387 e. The van der Waals surface area contributed by atoms with Gasteiger partial charge in [-0.25, -0.2) is 0 Å². The molecule has 0 fully saturated rings. The molecule has 2 aromatic rings. The highest BCUT2D eigenvalue weighted by Gasteiger charge is 2.17. The van der Waals surface area contributed by atoms with Gasteiger partial charge >= 0.3 is 0 Å². The van der Waals surface area contributed by atoms with Crippen LogP contribution in [-0.4, -0.2) is 12.8 Å². The number of nitrogens with one attached hydrogen (secondary N) is 2. The van der Waals surface area contributed by atoms with Crippen molar-refractivity contribution in [1.29, 1.82) is 0 Å². The molecule has 0 aromatic heterocycles. The van der Waals surface area contributed by atoms with Crippen molar-refractivity contribution < 1.29 is 0 Å². The first-order valence-electron chi connectivity index (χ1n) is 7.34. The lowest BCUT2D eigenvalue weighted by Crippen LogP contribution is -2.02. The predicted octanol–water partition coefficient (Wildman–Crippen LogP) is 5.83. The fraction of sp³-hybridized carbons (Fsp3) is 0.294. The second kappa shape index (κ2) is 6.67. The topological polar surface area (TPSA) is 24.1 Å². The molecule has 0 bridgehead atoms. The Balaban J connectivity index is 1.90. The van der Waals surface area contributed by atoms with E-state index in [1.54, 1.807) is 0 Å². The van der Waals surface area contributed by atoms with Gasteiger partial charge in [-0.05, 0) is 36.4 Å². The van der Waals surface area contributed by atoms with E-state index in [0.717, 1.165) is 0 Å². The standard InChI is InChI=1S/C17H20N2S2/c1-3-4-9-20-16-11-17-14(10-13(16)18-2)19-12-7-5-6-8-15(12)21-17/h5-8,10-11,18-19H,3-4,9H2,1-2H3. The van der Waals surface area contributed by atoms with Crippen molar-refractivity contribution in [2.45, 2.75) is 34.5 Å². The zero-order valence-corrected chi connectivity index (χ0v) is 14.0. The zero-order valence-electron chi connectivity index (χ0n) is 12.4. The molecule has 0 radical (unpaired) electrons. The molecule has 2 aromatic carbocycles. The maximum Gasteiger partial charge on any atom is 0.0547 e. The van der Waals surface area contributed by atoms with E-state index in [4.69, 9.17) is 0 Å². The second-order valence-electron chi connectivity index (χ2n) is 5.02. The molecule has 3 rings (SSSR count). The maximum atomic E-state index is 3.54. The van der Waals surface area contributed by atoms with Gasteiger partial charge in [0.2, 0.25) is 0 Å². The van der Waals surface area contributed by atoms with Gasteiger partial charge in [0.05, 0.1) is 11.4 Å². The van der Waals surface area contributed by atoms with Crippen LogP contribution in [0.1, 0.15) is 19.8 Å². The number of unbranched alkanes of at least 4 members (excludes halogenated alkanes) is 1. The van der Waals surface area contributed by atoms with E-state index in [9.17, 15) is 0 Å². The largest absolute Gasteiger partial charge is 0.387 e. The molecule has 0 saturated carbocycles. The molecule has 0 atom stereocenters. The summed E-state index contributed by atoms with van der Waals surface area (Å²) in [6, 6.07) is 13.0. The van der Waals surface area contributed by atoms with Crippen molar-refractivity contribution in [2.75, 3.05) is 23.4 Å². The number of thioether (sulfide) groups is 1. The Hall–Kier alpha value is -1.26. The number of rotatable bonds is 5. The summed E-state index contributed by atoms with van der Waals surface area (Å²) in [6.07, 6.45) is 2.51. The average molecular weight is 316 g/mol. The molecule has 0 amide bonds. The molecule has 110 valence electrons. The Labute approximate surface area is 135 Å². The van der Waals surface area contributed by atoms with Crippen LogP contribution >= 0.6 is 23.5 Å². The first-order valence-corrected chi connectivity index (χ1v) is 9.14. The van der Waals surface area contributed by atoms with Gasteiger partial charge in [-0.15, -0.1) is 11.8 Å². The van der Waals surface area contributed by atoms with Crippen LogP contribution in [-0.2, 0) is 0 Å². The van der Waals surface area contributed by atoms with Crippen molar-refractivity contribution >= 4 is 40.6 Å². The third kappa shape index (κ3) is 3.16. The van der Waals surface area contributed by atoms with Gasteiger partial charge in [0.25, 0.3) is 0 Å². The van der Waals surface area contributed by atoms with Gasteiger partial charge in [0, 0.05) is 27.4 Å². The molecule has 1 heterocycles. The molecule has 1 aliphatic heterocycles. The van der Waals surface area contributed by atoms with Crippen LogP contribution in [0.2, 0.25) is 0 Å². The minimum atomic E-state index is 1.18. The van der Waals surface area contributed by atoms with Crippen LogP contribution in [0.15, 0.2) is 51.1 Å². The van der Waals surface area contributed by atoms with Gasteiger partial charge in [0.1, 0.15) is 0 Å². The Kier molecular flexibility index (Phi) is 4.66. The van der Waals surface area contributed by atoms with Gasteiger partial charge in [-0.2, -0.15) is 0 Å². The van der Waals surface area contributed by atoms with E-state index in [2.05, 4.69) is 54.0 Å². The summed E-state index contributed by atoms with van der Waals surface area (Å²) in [5.74, 6) is 1.18. The van der Waals surface area contributed by atoms with Crippen molar-refractivity contribution in [3.8, 4) is 0 Å². The summed E-state index contributed by atoms with van der Waals surface area (Å²) >= 11 is 3.80. The second-order valence-corrected chi connectivity index (χ2v) is 7.24. The van der Waals surface area contributed by atoms with E-state index < -0.39 is 0 Å². The number of anilines is 3. The summed E-state index contributed by atoms with van der Waals surface area (Å²) < 4.78 is 0. The number of para-hydroxylation sites is 1. The summed E-state index contributed by atoms with van der Waals surface area (Å²) in [4.78, 5) is 3.96. The average Bonchev–Trinajstić information content (AvgIpc) is 2.52. The Morgan fingerprint density at radius 3 is 2.81 bits per heavy atom. The highest BCUT2D eigenvalue weighted by Crippen LogP contribution is 2.47. The van der Waals surface area contributed by atoms with E-state index in [0.29, 0.717) is 0 Å². The fourth-order valence-corrected chi connectivity index (χ4v) is 4.56. The molecule has 1 aliphatic rings. The van der Waals surface area contributed by atoms with E-state index in [-0.39, 0.29) is 0 Å². The van der Waals surface area contributed by atoms with Crippen LogP contribution in [0.5, 0.6) is 0 Å². The third-order valence-electron chi connectivity index (χ3n) is 3.48. The molecule has 0 saturated heterocycles. The first-order chi connectivity index (χ1) is 10.3. The molecule has 0 aliphatic carbocycles. The zero-order chi connectivity index (χ0) is 14.7. The monoisotopic (exact) mass is 316 g/mol. The number of hydrogen-bond acceptors (Lipinski definition) is 4. The highest BCUT2D eigenvalue weighted by molar-refractivity contribution is 8.00. The molecular formula is C17H20N2S2. The van der Waals surface area contributed by atoms with Gasteiger partial charge in [-0.3, -0.25) is 0 Å². The maximum absolute atomic E-state index is 3.54. The van der Waals surface area contributed by atoms with Crippen molar-refractivity contribution in [3.63, 3.8) is 0 Å². The van der Waals surface area contributed by atoms with Crippen LogP contribution < -0.4 is 10.6 Å². The molecule has 0 spiro atoms. The number of fused-ring (bicyclic) bond motifs is 2. The van der Waals surface area contributed by atoms with Crippen LogP contribution in [0.25, 0.3) is 0 Å². The first kappa shape index (κ1) is 14.7. The van der Waals surface area contributed by atoms with Crippen molar-refractivity contribution in [2.24, 2.45) is 0 Å². The van der Waals surface area contributed by atoms with E-state index >= 15 is 0 Å². The molecule has 2 nitrogen and oxygen atoms in total. The van der Waals surface area contributed by atoms with Crippen LogP contribution in [0, 0.1) is 0 Å². The van der Waals surface area contributed by atoms with Gasteiger partial charge in [0.15, 0.2) is 0 Å². The van der Waals surface area contributed by atoms with Crippen molar-refractivity contribution in [1.82, 2.24) is 0 Å². The molecular weight excluding hydrogens is 296 g/mol. The lowest BCUT2D eigenvalue weighted by molar-refractivity contribution is 0.896. The summed E-state index contributed by atoms with van der Waals surface area (Å²) in [6.45, 7) is 2.24. The smallest absolute Gasteiger partial charge is 0.0547 e. The lowest BCUT2D eigenvalue weighted by atomic mass is 10.2. The Morgan fingerprint density at radius 2 is 2.00 bits per heavy atom. The predicted molar refractivity (Wildman–Crippen MR) is 95.5 cm³/mol. The van der Waals surface area contributed by atoms with Crippen molar-refractivity contribution in [3.05, 3.63) is 36.4 Å². The SMILES string of the molecule is CCCCSc1cc2c(cc1NC)Nc1ccccc1S2. The third-order valence-corrected chi connectivity index (χ3v) is 5.76. The normalized spacial score (nSPS) is 12.3. The summed E-state index contributed by atoms with van der Waals surface area (Å²) in [5, 5.41) is 6.87. The molecule has 4 heteroatoms. The van der Waals surface area contributed by atoms with Crippen LogP contribution in [0.4, 0.5) is 17.1 Å². The van der Waals surface area contributed by atoms with Gasteiger partial charge in [-0.1, -0.05) is 37.2 Å².